The van der Waals surface area contributed by atoms with E-state index in [-0.39, 0.29) is 6.42 Å². The quantitative estimate of drug-likeness (QED) is 0.702. The van der Waals surface area contributed by atoms with E-state index in [1.807, 2.05) is 30.3 Å². The van der Waals surface area contributed by atoms with Crippen molar-refractivity contribution in [2.45, 2.75) is 12.6 Å². The van der Waals surface area contributed by atoms with E-state index in [4.69, 9.17) is 0 Å². The molecule has 1 aromatic rings. The van der Waals surface area contributed by atoms with Crippen molar-refractivity contribution in [3.63, 3.8) is 0 Å². The highest BCUT2D eigenvalue weighted by Gasteiger charge is 2.31. The molecule has 0 saturated heterocycles. The van der Waals surface area contributed by atoms with E-state index in [0.717, 1.165) is 17.7 Å². The minimum absolute atomic E-state index is 0.186. The van der Waals surface area contributed by atoms with Crippen molar-refractivity contribution in [3.05, 3.63) is 59.8 Å². The number of allylic oxidation sites excluding steroid dienone is 3. The van der Waals surface area contributed by atoms with Gasteiger partial charge >= 0.3 is 6.18 Å². The molecule has 0 atom stereocenters. The molecule has 1 aromatic carbocycles. The van der Waals surface area contributed by atoms with Crippen LogP contribution in [0.3, 0.4) is 0 Å². The van der Waals surface area contributed by atoms with Gasteiger partial charge < -0.3 is 0 Å². The summed E-state index contributed by atoms with van der Waals surface area (Å²) in [5.74, 6) is 0. The SMILES string of the molecule is FC(F)(F)C1=CCC(c2ccccc2)=NC=C1. The zero-order valence-electron chi connectivity index (χ0n) is 8.91. The zero-order valence-corrected chi connectivity index (χ0v) is 8.91. The molecule has 17 heavy (non-hydrogen) atoms. The van der Waals surface area contributed by atoms with E-state index in [1.54, 1.807) is 0 Å². The van der Waals surface area contributed by atoms with E-state index >= 15 is 0 Å². The molecule has 2 rings (SSSR count). The van der Waals surface area contributed by atoms with Crippen LogP contribution in [-0.2, 0) is 0 Å². The molecule has 0 spiro atoms. The monoisotopic (exact) mass is 237 g/mol. The maximum absolute atomic E-state index is 12.5. The van der Waals surface area contributed by atoms with Gasteiger partial charge in [-0.1, -0.05) is 36.4 Å². The average molecular weight is 237 g/mol. The summed E-state index contributed by atoms with van der Waals surface area (Å²) in [6.07, 6.45) is -0.760. The minimum Gasteiger partial charge on any atom is -0.260 e. The molecule has 0 N–H and O–H groups in total. The fourth-order valence-electron chi connectivity index (χ4n) is 1.57. The Hall–Kier alpha value is -1.84. The van der Waals surface area contributed by atoms with Crippen LogP contribution in [0, 0.1) is 0 Å². The van der Waals surface area contributed by atoms with Crippen molar-refractivity contribution in [2.24, 2.45) is 4.99 Å². The first-order valence-corrected chi connectivity index (χ1v) is 5.13. The minimum atomic E-state index is -4.31. The standard InChI is InChI=1S/C13H10F3N/c14-13(15,16)11-6-7-12(17-9-8-11)10-4-2-1-3-5-10/h1-6,8-9H,7H2. The molecule has 0 radical (unpaired) electrons. The van der Waals surface area contributed by atoms with Crippen LogP contribution in [0.15, 0.2) is 59.2 Å². The van der Waals surface area contributed by atoms with Gasteiger partial charge in [-0.3, -0.25) is 4.99 Å². The number of aliphatic imine (C=N–C) groups is 1. The molecule has 1 aliphatic heterocycles. The number of alkyl halides is 3. The van der Waals surface area contributed by atoms with Gasteiger partial charge in [0, 0.05) is 12.6 Å². The average Bonchev–Trinajstić information content (AvgIpc) is 2.55. The maximum atomic E-state index is 12.5. The smallest absolute Gasteiger partial charge is 0.260 e. The fraction of sp³-hybridized carbons (Fsp3) is 0.154. The van der Waals surface area contributed by atoms with E-state index in [1.165, 1.54) is 6.20 Å². The molecule has 0 amide bonds. The third-order valence-corrected chi connectivity index (χ3v) is 2.43. The number of benzene rings is 1. The van der Waals surface area contributed by atoms with Crippen molar-refractivity contribution < 1.29 is 13.2 Å². The Labute approximate surface area is 97.0 Å². The second-order valence-corrected chi connectivity index (χ2v) is 3.62. The first-order chi connectivity index (χ1) is 8.07. The van der Waals surface area contributed by atoms with Crippen LogP contribution >= 0.6 is 0 Å². The summed E-state index contributed by atoms with van der Waals surface area (Å²) < 4.78 is 37.4. The molecule has 1 heterocycles. The third-order valence-electron chi connectivity index (χ3n) is 2.43. The predicted octanol–water partition coefficient (Wildman–Crippen LogP) is 3.88. The lowest BCUT2D eigenvalue weighted by molar-refractivity contribution is -0.0883. The summed E-state index contributed by atoms with van der Waals surface area (Å²) in [4.78, 5) is 4.04. The summed E-state index contributed by atoms with van der Waals surface area (Å²) in [5.41, 5.74) is 0.838. The van der Waals surface area contributed by atoms with E-state index < -0.39 is 11.7 Å². The van der Waals surface area contributed by atoms with E-state index in [2.05, 4.69) is 4.99 Å². The molecule has 0 unspecified atom stereocenters. The molecule has 88 valence electrons. The highest BCUT2D eigenvalue weighted by molar-refractivity contribution is 6.02. The van der Waals surface area contributed by atoms with Crippen LogP contribution in [0.2, 0.25) is 0 Å². The topological polar surface area (TPSA) is 12.4 Å². The molecule has 0 bridgehead atoms. The van der Waals surface area contributed by atoms with Crippen molar-refractivity contribution in [3.8, 4) is 0 Å². The van der Waals surface area contributed by atoms with Crippen molar-refractivity contribution in [1.82, 2.24) is 0 Å². The van der Waals surface area contributed by atoms with Gasteiger partial charge in [0.2, 0.25) is 0 Å². The number of hydrogen-bond donors (Lipinski definition) is 0. The van der Waals surface area contributed by atoms with Crippen molar-refractivity contribution >= 4 is 5.71 Å². The second kappa shape index (κ2) is 4.57. The van der Waals surface area contributed by atoms with Crippen LogP contribution in [0.4, 0.5) is 13.2 Å². The maximum Gasteiger partial charge on any atom is 0.416 e. The molecule has 0 aromatic heterocycles. The highest BCUT2D eigenvalue weighted by atomic mass is 19.4. The summed E-state index contributed by atoms with van der Waals surface area (Å²) in [7, 11) is 0. The summed E-state index contributed by atoms with van der Waals surface area (Å²) >= 11 is 0. The van der Waals surface area contributed by atoms with Crippen LogP contribution in [0.1, 0.15) is 12.0 Å². The largest absolute Gasteiger partial charge is 0.416 e. The van der Waals surface area contributed by atoms with Gasteiger partial charge in [-0.15, -0.1) is 0 Å². The first kappa shape index (κ1) is 11.6. The van der Waals surface area contributed by atoms with E-state index in [0.29, 0.717) is 5.71 Å². The van der Waals surface area contributed by atoms with Gasteiger partial charge in [0.05, 0.1) is 11.3 Å². The number of halogens is 3. The second-order valence-electron chi connectivity index (χ2n) is 3.62. The van der Waals surface area contributed by atoms with Crippen LogP contribution in [0.5, 0.6) is 0 Å². The summed E-state index contributed by atoms with van der Waals surface area (Å²) in [6.45, 7) is 0. The van der Waals surface area contributed by atoms with Crippen molar-refractivity contribution in [2.75, 3.05) is 0 Å². The third kappa shape index (κ3) is 2.84. The number of hydrogen-bond acceptors (Lipinski definition) is 1. The number of rotatable bonds is 1. The van der Waals surface area contributed by atoms with Gasteiger partial charge in [-0.2, -0.15) is 13.2 Å². The van der Waals surface area contributed by atoms with Crippen LogP contribution < -0.4 is 0 Å². The molecular formula is C13H10F3N. The highest BCUT2D eigenvalue weighted by Crippen LogP contribution is 2.28. The Morgan fingerprint density at radius 3 is 2.41 bits per heavy atom. The lowest BCUT2D eigenvalue weighted by atomic mass is 10.1. The molecule has 0 aliphatic carbocycles. The Kier molecular flexibility index (Phi) is 3.13. The van der Waals surface area contributed by atoms with Gasteiger partial charge in [0.15, 0.2) is 0 Å². The van der Waals surface area contributed by atoms with Gasteiger partial charge in [0.1, 0.15) is 0 Å². The first-order valence-electron chi connectivity index (χ1n) is 5.13. The molecule has 0 fully saturated rings. The van der Waals surface area contributed by atoms with Crippen LogP contribution in [-0.4, -0.2) is 11.9 Å². The van der Waals surface area contributed by atoms with Gasteiger partial charge in [-0.05, 0) is 11.6 Å². The predicted molar refractivity (Wildman–Crippen MR) is 60.9 cm³/mol. The Balaban J connectivity index is 2.25. The molecule has 4 heteroatoms. The lowest BCUT2D eigenvalue weighted by Crippen LogP contribution is -2.10. The van der Waals surface area contributed by atoms with E-state index in [9.17, 15) is 13.2 Å². The van der Waals surface area contributed by atoms with Gasteiger partial charge in [0.25, 0.3) is 0 Å². The van der Waals surface area contributed by atoms with Crippen molar-refractivity contribution in [1.29, 1.82) is 0 Å². The molecule has 1 nitrogen and oxygen atoms in total. The number of nitrogens with zero attached hydrogens (tertiary/aromatic N) is 1. The molecular weight excluding hydrogens is 227 g/mol. The zero-order chi connectivity index (χ0) is 12.3. The Morgan fingerprint density at radius 2 is 1.76 bits per heavy atom. The fourth-order valence-corrected chi connectivity index (χ4v) is 1.57. The van der Waals surface area contributed by atoms with Crippen LogP contribution in [0.25, 0.3) is 0 Å². The molecule has 0 saturated carbocycles. The molecule has 1 aliphatic rings. The Morgan fingerprint density at radius 1 is 1.06 bits per heavy atom. The lowest BCUT2D eigenvalue weighted by Gasteiger charge is -2.06. The van der Waals surface area contributed by atoms with Gasteiger partial charge in [-0.25, -0.2) is 0 Å². The summed E-state index contributed by atoms with van der Waals surface area (Å²) in [5, 5.41) is 0. The Bertz CT molecular complexity index is 481. The summed E-state index contributed by atoms with van der Waals surface area (Å²) in [6, 6.07) is 9.19. The normalized spacial score (nSPS) is 16.2.